The van der Waals surface area contributed by atoms with Crippen LogP contribution in [-0.4, -0.2) is 26.5 Å². The van der Waals surface area contributed by atoms with E-state index in [1.54, 1.807) is 12.1 Å². The summed E-state index contributed by atoms with van der Waals surface area (Å²) in [7, 11) is -2.60. The van der Waals surface area contributed by atoms with E-state index in [-0.39, 0.29) is 17.1 Å². The zero-order valence-electron chi connectivity index (χ0n) is 8.53. The zero-order chi connectivity index (χ0) is 12.3. The highest BCUT2D eigenvalue weighted by atomic mass is 32.2. The molecule has 0 atom stereocenters. The number of amidine groups is 1. The van der Waals surface area contributed by atoms with Gasteiger partial charge in [-0.2, -0.15) is 8.42 Å². The molecule has 0 amide bonds. The lowest BCUT2D eigenvalue weighted by Gasteiger charge is -2.18. The van der Waals surface area contributed by atoms with Gasteiger partial charge in [-0.15, -0.1) is 0 Å². The summed E-state index contributed by atoms with van der Waals surface area (Å²) >= 11 is 0. The summed E-state index contributed by atoms with van der Waals surface area (Å²) in [6.07, 6.45) is 0. The van der Waals surface area contributed by atoms with E-state index in [1.165, 1.54) is 19.2 Å². The summed E-state index contributed by atoms with van der Waals surface area (Å²) in [4.78, 5) is 0. The Morgan fingerprint density at radius 3 is 2.50 bits per heavy atom. The number of anilines is 1. The highest BCUT2D eigenvalue weighted by Crippen LogP contribution is 2.20. The quantitative estimate of drug-likeness (QED) is 0.285. The van der Waals surface area contributed by atoms with Gasteiger partial charge in [-0.3, -0.25) is 4.31 Å². The second-order valence-electron chi connectivity index (χ2n) is 3.01. The van der Waals surface area contributed by atoms with Crippen molar-refractivity contribution >= 4 is 21.7 Å². The number of para-hydroxylation sites is 1. The Bertz CT molecular complexity index is 512. The molecule has 88 valence electrons. The van der Waals surface area contributed by atoms with Crippen molar-refractivity contribution in [1.82, 2.24) is 0 Å². The Kier molecular flexibility index (Phi) is 3.35. The molecular weight excluding hydrogens is 232 g/mol. The normalized spacial score (nSPS) is 12.5. The van der Waals surface area contributed by atoms with Gasteiger partial charge in [0.15, 0.2) is 5.84 Å². The van der Waals surface area contributed by atoms with Crippen molar-refractivity contribution in [2.24, 2.45) is 16.0 Å². The molecule has 8 heteroatoms. The lowest BCUT2D eigenvalue weighted by atomic mass is 10.1. The predicted octanol–water partition coefficient (Wildman–Crippen LogP) is -0.579. The van der Waals surface area contributed by atoms with Crippen LogP contribution in [0.2, 0.25) is 0 Å². The third-order valence-corrected chi connectivity index (χ3v) is 2.97. The van der Waals surface area contributed by atoms with E-state index in [1.807, 2.05) is 0 Å². The van der Waals surface area contributed by atoms with E-state index in [0.717, 1.165) is 4.31 Å². The summed E-state index contributed by atoms with van der Waals surface area (Å²) in [5, 5.41) is 16.4. The molecule has 1 aromatic carbocycles. The summed E-state index contributed by atoms with van der Waals surface area (Å²) in [6, 6.07) is 6.27. The van der Waals surface area contributed by atoms with Gasteiger partial charge in [0.25, 0.3) is 10.2 Å². The van der Waals surface area contributed by atoms with Gasteiger partial charge in [0.05, 0.1) is 5.69 Å². The predicted molar refractivity (Wildman–Crippen MR) is 60.5 cm³/mol. The van der Waals surface area contributed by atoms with Crippen molar-refractivity contribution < 1.29 is 13.6 Å². The fourth-order valence-corrected chi connectivity index (χ4v) is 1.59. The van der Waals surface area contributed by atoms with Gasteiger partial charge in [-0.05, 0) is 12.1 Å². The minimum atomic E-state index is -3.88. The topological polar surface area (TPSA) is 122 Å². The lowest BCUT2D eigenvalue weighted by molar-refractivity contribution is 0.318. The van der Waals surface area contributed by atoms with Gasteiger partial charge in [0.1, 0.15) is 0 Å². The number of hydrogen-bond acceptors (Lipinski definition) is 4. The molecule has 0 aliphatic heterocycles. The molecule has 0 saturated carbocycles. The molecule has 0 aromatic heterocycles. The molecule has 7 nitrogen and oxygen atoms in total. The van der Waals surface area contributed by atoms with Crippen molar-refractivity contribution in [3.05, 3.63) is 29.8 Å². The van der Waals surface area contributed by atoms with Crippen LogP contribution in [0.15, 0.2) is 29.4 Å². The van der Waals surface area contributed by atoms with Crippen LogP contribution in [0.3, 0.4) is 0 Å². The smallest absolute Gasteiger partial charge is 0.298 e. The molecule has 0 aliphatic rings. The highest BCUT2D eigenvalue weighted by molar-refractivity contribution is 7.90. The number of nitrogens with two attached hydrogens (primary N) is 2. The van der Waals surface area contributed by atoms with Crippen LogP contribution in [0, 0.1) is 0 Å². The van der Waals surface area contributed by atoms with Gasteiger partial charge in [-0.1, -0.05) is 17.3 Å². The first-order chi connectivity index (χ1) is 7.38. The van der Waals surface area contributed by atoms with Gasteiger partial charge < -0.3 is 10.9 Å². The Labute approximate surface area is 93.1 Å². The van der Waals surface area contributed by atoms with Crippen LogP contribution in [-0.2, 0) is 10.2 Å². The van der Waals surface area contributed by atoms with Crippen LogP contribution < -0.4 is 15.2 Å². The molecule has 0 aliphatic carbocycles. The fourth-order valence-electron chi connectivity index (χ4n) is 1.16. The number of oxime groups is 1. The van der Waals surface area contributed by atoms with E-state index in [2.05, 4.69) is 5.16 Å². The maximum atomic E-state index is 11.2. The van der Waals surface area contributed by atoms with Crippen molar-refractivity contribution in [1.29, 1.82) is 0 Å². The van der Waals surface area contributed by atoms with E-state index in [9.17, 15) is 8.42 Å². The van der Waals surface area contributed by atoms with Crippen LogP contribution in [0.1, 0.15) is 5.56 Å². The van der Waals surface area contributed by atoms with E-state index >= 15 is 0 Å². The molecule has 1 aromatic rings. The molecule has 0 spiro atoms. The van der Waals surface area contributed by atoms with Gasteiger partial charge in [0.2, 0.25) is 0 Å². The summed E-state index contributed by atoms with van der Waals surface area (Å²) in [5.74, 6) is -0.189. The zero-order valence-corrected chi connectivity index (χ0v) is 9.35. The van der Waals surface area contributed by atoms with Crippen LogP contribution in [0.5, 0.6) is 0 Å². The Hall–Kier alpha value is -1.80. The third-order valence-electron chi connectivity index (χ3n) is 2.01. The van der Waals surface area contributed by atoms with Gasteiger partial charge >= 0.3 is 0 Å². The standard InChI is InChI=1S/C8H12N4O3S/c1-12(16(10,14)15)7-5-3-2-4-6(7)8(9)11-13/h2-5,13H,1H3,(H2,9,11)(H2,10,14,15). The molecule has 5 N–H and O–H groups in total. The Morgan fingerprint density at radius 2 is 2.00 bits per heavy atom. The van der Waals surface area contributed by atoms with Crippen molar-refractivity contribution in [3.8, 4) is 0 Å². The van der Waals surface area contributed by atoms with E-state index in [0.29, 0.717) is 0 Å². The summed E-state index contributed by atoms with van der Waals surface area (Å²) in [6.45, 7) is 0. The van der Waals surface area contributed by atoms with Gasteiger partial charge in [-0.25, -0.2) is 5.14 Å². The minimum absolute atomic E-state index is 0.189. The summed E-state index contributed by atoms with van der Waals surface area (Å²) < 4.78 is 23.2. The van der Waals surface area contributed by atoms with Crippen molar-refractivity contribution in [3.63, 3.8) is 0 Å². The molecule has 0 bridgehead atoms. The first kappa shape index (κ1) is 12.3. The monoisotopic (exact) mass is 244 g/mol. The second-order valence-corrected chi connectivity index (χ2v) is 4.59. The molecule has 0 fully saturated rings. The lowest BCUT2D eigenvalue weighted by Crippen LogP contribution is -2.34. The van der Waals surface area contributed by atoms with Crippen molar-refractivity contribution in [2.45, 2.75) is 0 Å². The molecule has 0 saturated heterocycles. The number of rotatable bonds is 3. The fraction of sp³-hybridized carbons (Fsp3) is 0.125. The molecule has 0 heterocycles. The summed E-state index contributed by atoms with van der Waals surface area (Å²) in [5.41, 5.74) is 5.93. The second kappa shape index (κ2) is 4.37. The first-order valence-electron chi connectivity index (χ1n) is 4.21. The van der Waals surface area contributed by atoms with Crippen molar-refractivity contribution in [2.75, 3.05) is 11.4 Å². The van der Waals surface area contributed by atoms with Crippen LogP contribution in [0.25, 0.3) is 0 Å². The maximum absolute atomic E-state index is 11.2. The Balaban J connectivity index is 3.35. The van der Waals surface area contributed by atoms with E-state index in [4.69, 9.17) is 16.1 Å². The third kappa shape index (κ3) is 2.41. The molecular formula is C8H12N4O3S. The van der Waals surface area contributed by atoms with Crippen LogP contribution in [0.4, 0.5) is 5.69 Å². The molecule has 0 radical (unpaired) electrons. The SMILES string of the molecule is CN(c1ccccc1/C(N)=N/O)S(N)(=O)=O. The number of hydrogen-bond donors (Lipinski definition) is 3. The van der Waals surface area contributed by atoms with E-state index < -0.39 is 10.2 Å². The molecule has 0 unspecified atom stereocenters. The average Bonchev–Trinajstić information content (AvgIpc) is 2.25. The first-order valence-corrected chi connectivity index (χ1v) is 5.72. The molecule has 16 heavy (non-hydrogen) atoms. The highest BCUT2D eigenvalue weighted by Gasteiger charge is 2.17. The number of nitrogens with zero attached hydrogens (tertiary/aromatic N) is 2. The number of benzene rings is 1. The Morgan fingerprint density at radius 1 is 1.44 bits per heavy atom. The molecule has 1 rings (SSSR count). The minimum Gasteiger partial charge on any atom is -0.409 e. The van der Waals surface area contributed by atoms with Crippen LogP contribution >= 0.6 is 0 Å². The largest absolute Gasteiger partial charge is 0.409 e. The average molecular weight is 244 g/mol. The maximum Gasteiger partial charge on any atom is 0.298 e. The van der Waals surface area contributed by atoms with Gasteiger partial charge in [0, 0.05) is 12.6 Å².